The van der Waals surface area contributed by atoms with Crippen LogP contribution in [0, 0.1) is 47.3 Å². The van der Waals surface area contributed by atoms with Gasteiger partial charge in [0.2, 0.25) is 0 Å². The summed E-state index contributed by atoms with van der Waals surface area (Å²) in [6.45, 7) is 0. The van der Waals surface area contributed by atoms with Crippen LogP contribution in [0.5, 0.6) is 0 Å². The SMILES string of the molecule is O.O=S(=O)(O)C1CCCC2C3NC4NC(NC5NC(NC6NC(NC(N3)C21)C1CCCCC61)C1CCCCC51)C1CCCCC41.[AlH2]. The molecule has 14 heteroatoms. The summed E-state index contributed by atoms with van der Waals surface area (Å²) < 4.78 is 36.1. The van der Waals surface area contributed by atoms with E-state index in [0.29, 0.717) is 54.3 Å². The van der Waals surface area contributed by atoms with E-state index in [1.807, 2.05) is 0 Å². The van der Waals surface area contributed by atoms with Crippen molar-refractivity contribution in [3.05, 3.63) is 0 Å². The Hall–Kier alpha value is 0.0825. The molecule has 5 aliphatic heterocycles. The summed E-state index contributed by atoms with van der Waals surface area (Å²) in [5.74, 6) is 3.50. The Kier molecular flexibility index (Phi) is 10.3. The van der Waals surface area contributed by atoms with Crippen LogP contribution in [0.3, 0.4) is 0 Å². The molecule has 4 aliphatic carbocycles. The third-order valence-electron chi connectivity index (χ3n) is 14.2. The van der Waals surface area contributed by atoms with Crippen LogP contribution in [0.2, 0.25) is 0 Å². The number of hydrogen-bond donors (Lipinski definition) is 9. The van der Waals surface area contributed by atoms with Gasteiger partial charge < -0.3 is 5.48 Å². The van der Waals surface area contributed by atoms with E-state index < -0.39 is 15.4 Å². The number of nitrogens with one attached hydrogen (secondary N) is 8. The van der Waals surface area contributed by atoms with Gasteiger partial charge in [0.25, 0.3) is 10.1 Å². The van der Waals surface area contributed by atoms with Crippen molar-refractivity contribution in [1.82, 2.24) is 42.5 Å². The van der Waals surface area contributed by atoms with Crippen LogP contribution >= 0.6 is 0 Å². The smallest absolute Gasteiger partial charge is 0.268 e. The van der Waals surface area contributed by atoms with E-state index in [1.54, 1.807) is 0 Å². The molecule has 9 rings (SSSR count). The maximum Gasteiger partial charge on any atom is 0.268 e. The first-order chi connectivity index (χ1) is 21.4. The zero-order chi connectivity index (χ0) is 29.6. The van der Waals surface area contributed by atoms with Gasteiger partial charge >= 0.3 is 0 Å². The molecule has 12 nitrogen and oxygen atoms in total. The minimum absolute atomic E-state index is 0. The van der Waals surface area contributed by atoms with E-state index in [1.165, 1.54) is 77.0 Å². The van der Waals surface area contributed by atoms with E-state index in [-0.39, 0.29) is 71.7 Å². The molecule has 0 amide bonds. The lowest BCUT2D eigenvalue weighted by atomic mass is 9.76. The highest BCUT2D eigenvalue weighted by molar-refractivity contribution is 7.86. The molecule has 5 heterocycles. The summed E-state index contributed by atoms with van der Waals surface area (Å²) in [4.78, 5) is 0. The molecule has 0 spiro atoms. The van der Waals surface area contributed by atoms with E-state index in [0.717, 1.165) is 12.8 Å². The van der Waals surface area contributed by atoms with Gasteiger partial charge in [0.05, 0.1) is 54.6 Å². The van der Waals surface area contributed by atoms with Crippen LogP contribution in [0.15, 0.2) is 0 Å². The standard InChI is InChI=1S/C32H56N8O3S.Al.H2O.2H/c41-44(42,43)23-15-7-14-22-24(23)32-39-30-21-13-6-5-12-20(21)28(37-30)35-26-17-9-2-1-8-16(17)25(33-26)34-27-18-10-3-4-11-19(18)29(36-27)38-31(22)40-32;;;;/h16-40H,1-15H2,(H,41,42,43);;1H2;;. The van der Waals surface area contributed by atoms with Crippen LogP contribution in [0.25, 0.3) is 0 Å². The molecule has 261 valence electrons. The first kappa shape index (κ1) is 34.5. The molecule has 11 N–H and O–H groups in total. The van der Waals surface area contributed by atoms with Crippen molar-refractivity contribution < 1.29 is 18.4 Å². The number of hydrogen-bond acceptors (Lipinski definition) is 10. The average molecular weight is 680 g/mol. The summed E-state index contributed by atoms with van der Waals surface area (Å²) >= 11 is 0. The van der Waals surface area contributed by atoms with Crippen molar-refractivity contribution in [3.63, 3.8) is 0 Å². The van der Waals surface area contributed by atoms with Crippen molar-refractivity contribution in [2.45, 2.75) is 151 Å². The summed E-state index contributed by atoms with van der Waals surface area (Å²) in [5, 5.41) is 31.8. The van der Waals surface area contributed by atoms with Crippen LogP contribution in [-0.4, -0.2) is 90.4 Å². The molecule has 0 aromatic carbocycles. The summed E-state index contributed by atoms with van der Waals surface area (Å²) in [5.41, 5.74) is 0. The van der Waals surface area contributed by atoms with E-state index in [9.17, 15) is 13.0 Å². The number of rotatable bonds is 1. The van der Waals surface area contributed by atoms with Crippen molar-refractivity contribution in [3.8, 4) is 0 Å². The van der Waals surface area contributed by atoms with Crippen molar-refractivity contribution >= 4 is 27.5 Å². The van der Waals surface area contributed by atoms with Crippen molar-refractivity contribution in [2.24, 2.45) is 47.3 Å². The lowest BCUT2D eigenvalue weighted by molar-refractivity contribution is 0.167. The summed E-state index contributed by atoms with van der Waals surface area (Å²) in [6, 6.07) is 0. The molecule has 0 aromatic rings. The molecule has 17 atom stereocenters. The van der Waals surface area contributed by atoms with Gasteiger partial charge in [-0.05, 0) is 92.8 Å². The monoisotopic (exact) mass is 679 g/mol. The molecule has 0 aromatic heterocycles. The third-order valence-corrected chi connectivity index (χ3v) is 15.5. The molecule has 9 aliphatic rings. The molecule has 4 saturated carbocycles. The molecule has 1 radical (unpaired) electrons. The van der Waals surface area contributed by atoms with E-state index in [4.69, 9.17) is 0 Å². The first-order valence-electron chi connectivity index (χ1n) is 18.5. The molecule has 8 bridgehead atoms. The van der Waals surface area contributed by atoms with Gasteiger partial charge in [-0.25, -0.2) is 0 Å². The van der Waals surface area contributed by atoms with Gasteiger partial charge in [-0.15, -0.1) is 0 Å². The lowest BCUT2D eigenvalue weighted by Crippen LogP contribution is -2.62. The highest BCUT2D eigenvalue weighted by atomic mass is 32.2. The maximum absolute atomic E-state index is 12.8. The predicted molar refractivity (Wildman–Crippen MR) is 180 cm³/mol. The quantitative estimate of drug-likeness (QED) is 0.132. The van der Waals surface area contributed by atoms with Crippen LogP contribution < -0.4 is 42.5 Å². The fraction of sp³-hybridized carbons (Fsp3) is 1.00. The average Bonchev–Trinajstić information content (AvgIpc) is 3.76. The Morgan fingerprint density at radius 3 is 0.957 bits per heavy atom. The van der Waals surface area contributed by atoms with Gasteiger partial charge in [0.1, 0.15) is 17.4 Å². The van der Waals surface area contributed by atoms with Gasteiger partial charge in [0, 0.05) is 5.92 Å². The third kappa shape index (κ3) is 5.97. The highest BCUT2D eigenvalue weighted by Crippen LogP contribution is 2.46. The fourth-order valence-corrected chi connectivity index (χ4v) is 13.6. The second-order valence-corrected chi connectivity index (χ2v) is 17.9. The van der Waals surface area contributed by atoms with E-state index >= 15 is 0 Å². The Balaban J connectivity index is 0.00000169. The van der Waals surface area contributed by atoms with Crippen molar-refractivity contribution in [2.75, 3.05) is 0 Å². The minimum atomic E-state index is -4.16. The lowest BCUT2D eigenvalue weighted by Gasteiger charge is -2.38. The summed E-state index contributed by atoms with van der Waals surface area (Å²) in [7, 11) is -4.16. The number of fused-ring (bicyclic) bond motifs is 20. The predicted octanol–water partition coefficient (Wildman–Crippen LogP) is -0.269. The molecular formula is C32H60AlN8O4S. The Morgan fingerprint density at radius 1 is 0.391 bits per heavy atom. The van der Waals surface area contributed by atoms with Crippen LogP contribution in [0.4, 0.5) is 0 Å². The Bertz CT molecular complexity index is 1190. The fourth-order valence-electron chi connectivity index (χ4n) is 12.3. The summed E-state index contributed by atoms with van der Waals surface area (Å²) in [6.07, 6.45) is 18.9. The highest BCUT2D eigenvalue weighted by Gasteiger charge is 2.57. The second-order valence-electron chi connectivity index (χ2n) is 16.2. The van der Waals surface area contributed by atoms with Gasteiger partial charge in [0.15, 0.2) is 0 Å². The molecule has 5 saturated heterocycles. The van der Waals surface area contributed by atoms with E-state index in [2.05, 4.69) is 42.5 Å². The molecule has 17 unspecified atom stereocenters. The second kappa shape index (κ2) is 13.7. The normalized spacial score (nSPS) is 53.1. The van der Waals surface area contributed by atoms with Gasteiger partial charge in [-0.1, -0.05) is 44.9 Å². The molecule has 9 fully saturated rings. The Morgan fingerprint density at radius 2 is 0.652 bits per heavy atom. The largest absolute Gasteiger partial charge is 0.412 e. The minimum Gasteiger partial charge on any atom is -0.412 e. The van der Waals surface area contributed by atoms with Crippen LogP contribution in [0.1, 0.15) is 96.3 Å². The zero-order valence-electron chi connectivity index (χ0n) is 27.6. The Labute approximate surface area is 285 Å². The van der Waals surface area contributed by atoms with Gasteiger partial charge in [-0.2, -0.15) is 8.42 Å². The van der Waals surface area contributed by atoms with Gasteiger partial charge in [-0.3, -0.25) is 47.1 Å². The van der Waals surface area contributed by atoms with Crippen LogP contribution in [-0.2, 0) is 10.1 Å². The maximum atomic E-state index is 12.8. The topological polar surface area (TPSA) is 182 Å². The zero-order valence-corrected chi connectivity index (χ0v) is 30.4. The first-order valence-corrected chi connectivity index (χ1v) is 20.0. The van der Waals surface area contributed by atoms with Crippen molar-refractivity contribution in [1.29, 1.82) is 0 Å². The molecular weight excluding hydrogens is 619 g/mol. The molecule has 46 heavy (non-hydrogen) atoms.